The predicted octanol–water partition coefficient (Wildman–Crippen LogP) is 2.73. The van der Waals surface area contributed by atoms with Crippen LogP contribution in [0.3, 0.4) is 0 Å². The van der Waals surface area contributed by atoms with Crippen LogP contribution < -0.4 is 15.8 Å². The van der Waals surface area contributed by atoms with E-state index < -0.39 is 0 Å². The number of nitrogens with one attached hydrogen (secondary N) is 1. The summed E-state index contributed by atoms with van der Waals surface area (Å²) >= 11 is 0. The van der Waals surface area contributed by atoms with Gasteiger partial charge in [0.25, 0.3) is 0 Å². The smallest absolute Gasteiger partial charge is 0.148 e. The van der Waals surface area contributed by atoms with Crippen LogP contribution in [-0.4, -0.2) is 23.4 Å². The molecule has 0 bridgehead atoms. The van der Waals surface area contributed by atoms with E-state index in [-0.39, 0.29) is 5.82 Å². The zero-order valence-corrected chi connectivity index (χ0v) is 12.6. The van der Waals surface area contributed by atoms with Crippen LogP contribution in [0.25, 0.3) is 0 Å². The Bertz CT molecular complexity index is 624. The third kappa shape index (κ3) is 3.65. The van der Waals surface area contributed by atoms with E-state index in [1.165, 1.54) is 13.2 Å². The number of ether oxygens (including phenoxy) is 1. The summed E-state index contributed by atoms with van der Waals surface area (Å²) in [6.07, 6.45) is 0.841. The second-order valence-electron chi connectivity index (χ2n) is 5.00. The number of rotatable bonds is 6. The van der Waals surface area contributed by atoms with Crippen molar-refractivity contribution >= 4 is 11.4 Å². The number of benzene rings is 1. The largest absolute Gasteiger partial charge is 0.495 e. The Morgan fingerprint density at radius 1 is 1.33 bits per heavy atom. The van der Waals surface area contributed by atoms with Crippen molar-refractivity contribution < 1.29 is 9.13 Å². The highest BCUT2D eigenvalue weighted by Gasteiger charge is 2.08. The number of anilines is 2. The molecule has 0 aliphatic heterocycles. The maximum absolute atomic E-state index is 13.8. The molecule has 0 aliphatic rings. The zero-order valence-electron chi connectivity index (χ0n) is 12.6. The molecule has 1 heterocycles. The number of nitrogen functional groups attached to an aromatic ring is 1. The molecule has 0 saturated heterocycles. The van der Waals surface area contributed by atoms with Gasteiger partial charge < -0.3 is 15.8 Å². The fraction of sp³-hybridized carbons (Fsp3) is 0.400. The maximum Gasteiger partial charge on any atom is 0.148 e. The highest BCUT2D eigenvalue weighted by molar-refractivity contribution is 5.62. The Morgan fingerprint density at radius 3 is 2.71 bits per heavy atom. The molecular formula is C15H21FN4O. The van der Waals surface area contributed by atoms with E-state index in [4.69, 9.17) is 10.5 Å². The molecule has 5 nitrogen and oxygen atoms in total. The lowest BCUT2D eigenvalue weighted by Gasteiger charge is -2.11. The first-order valence-electron chi connectivity index (χ1n) is 6.89. The van der Waals surface area contributed by atoms with Crippen molar-refractivity contribution in [2.75, 3.05) is 24.7 Å². The van der Waals surface area contributed by atoms with Crippen molar-refractivity contribution in [1.29, 1.82) is 0 Å². The standard InChI is InChI=1S/C15H21FN4O/c1-10-7-11(2)20(19-10)6-4-5-18-14-9-15(21-3)13(17)8-12(14)16/h7-9,18H,4-6,17H2,1-3H3. The number of nitrogens with zero attached hydrogens (tertiary/aromatic N) is 2. The van der Waals surface area contributed by atoms with Gasteiger partial charge in [-0.05, 0) is 26.3 Å². The Kier molecular flexibility index (Phi) is 4.67. The van der Waals surface area contributed by atoms with E-state index in [1.54, 1.807) is 6.07 Å². The molecule has 1 aromatic heterocycles. The third-order valence-corrected chi connectivity index (χ3v) is 3.28. The van der Waals surface area contributed by atoms with Crippen LogP contribution in [0.15, 0.2) is 18.2 Å². The Labute approximate surface area is 123 Å². The number of aryl methyl sites for hydroxylation is 3. The van der Waals surface area contributed by atoms with Crippen molar-refractivity contribution in [3.8, 4) is 5.75 Å². The van der Waals surface area contributed by atoms with Crippen molar-refractivity contribution in [1.82, 2.24) is 9.78 Å². The number of aromatic nitrogens is 2. The van der Waals surface area contributed by atoms with Gasteiger partial charge in [-0.3, -0.25) is 4.68 Å². The molecule has 0 spiro atoms. The van der Waals surface area contributed by atoms with Gasteiger partial charge in [-0.2, -0.15) is 5.10 Å². The van der Waals surface area contributed by atoms with E-state index in [9.17, 15) is 4.39 Å². The molecule has 0 amide bonds. The summed E-state index contributed by atoms with van der Waals surface area (Å²) in [5.74, 6) is 0.0943. The molecule has 0 unspecified atom stereocenters. The van der Waals surface area contributed by atoms with Gasteiger partial charge in [0, 0.05) is 30.9 Å². The average molecular weight is 292 g/mol. The van der Waals surface area contributed by atoms with Gasteiger partial charge in [0.05, 0.1) is 24.2 Å². The number of methoxy groups -OCH3 is 1. The summed E-state index contributed by atoms with van der Waals surface area (Å²) in [5.41, 5.74) is 8.48. The Morgan fingerprint density at radius 2 is 2.10 bits per heavy atom. The van der Waals surface area contributed by atoms with Crippen LogP contribution in [0.1, 0.15) is 17.8 Å². The molecule has 6 heteroatoms. The van der Waals surface area contributed by atoms with E-state index in [1.807, 2.05) is 24.6 Å². The molecule has 3 N–H and O–H groups in total. The number of hydrogen-bond donors (Lipinski definition) is 2. The molecule has 1 aromatic carbocycles. The van der Waals surface area contributed by atoms with E-state index in [0.29, 0.717) is 23.7 Å². The number of hydrogen-bond acceptors (Lipinski definition) is 4. The summed E-state index contributed by atoms with van der Waals surface area (Å²) < 4.78 is 20.8. The molecule has 21 heavy (non-hydrogen) atoms. The molecule has 0 aliphatic carbocycles. The van der Waals surface area contributed by atoms with Gasteiger partial charge in [-0.25, -0.2) is 4.39 Å². The zero-order chi connectivity index (χ0) is 15.4. The van der Waals surface area contributed by atoms with Crippen LogP contribution in [-0.2, 0) is 6.54 Å². The highest BCUT2D eigenvalue weighted by Crippen LogP contribution is 2.28. The van der Waals surface area contributed by atoms with Gasteiger partial charge in [-0.1, -0.05) is 0 Å². The minimum Gasteiger partial charge on any atom is -0.495 e. The lowest BCUT2D eigenvalue weighted by atomic mass is 10.2. The minimum absolute atomic E-state index is 0.295. The molecule has 2 rings (SSSR count). The number of halogens is 1. The van der Waals surface area contributed by atoms with Crippen molar-refractivity contribution in [3.63, 3.8) is 0 Å². The average Bonchev–Trinajstić information content (AvgIpc) is 2.75. The van der Waals surface area contributed by atoms with Crippen LogP contribution in [0.4, 0.5) is 15.8 Å². The summed E-state index contributed by atoms with van der Waals surface area (Å²) in [7, 11) is 1.51. The monoisotopic (exact) mass is 292 g/mol. The van der Waals surface area contributed by atoms with Crippen LogP contribution in [0.5, 0.6) is 5.75 Å². The minimum atomic E-state index is -0.376. The van der Waals surface area contributed by atoms with Crippen molar-refractivity contribution in [2.45, 2.75) is 26.8 Å². The lowest BCUT2D eigenvalue weighted by molar-refractivity contribution is 0.416. The first-order chi connectivity index (χ1) is 10.0. The van der Waals surface area contributed by atoms with Gasteiger partial charge in [0.1, 0.15) is 11.6 Å². The SMILES string of the molecule is COc1cc(NCCCn2nc(C)cc2C)c(F)cc1N. The summed E-state index contributed by atoms with van der Waals surface area (Å²) in [5, 5.41) is 7.45. The second-order valence-corrected chi connectivity index (χ2v) is 5.00. The van der Waals surface area contributed by atoms with Gasteiger partial charge in [0.2, 0.25) is 0 Å². The van der Waals surface area contributed by atoms with Crippen LogP contribution in [0, 0.1) is 19.7 Å². The summed E-state index contributed by atoms with van der Waals surface area (Å²) in [6.45, 7) is 5.43. The molecule has 0 atom stereocenters. The normalized spacial score (nSPS) is 10.7. The van der Waals surface area contributed by atoms with Gasteiger partial charge in [0.15, 0.2) is 0 Å². The van der Waals surface area contributed by atoms with Crippen molar-refractivity contribution in [2.24, 2.45) is 0 Å². The highest BCUT2D eigenvalue weighted by atomic mass is 19.1. The summed E-state index contributed by atoms with van der Waals surface area (Å²) in [4.78, 5) is 0. The van der Waals surface area contributed by atoms with E-state index >= 15 is 0 Å². The summed E-state index contributed by atoms with van der Waals surface area (Å²) in [6, 6.07) is 4.88. The lowest BCUT2D eigenvalue weighted by Crippen LogP contribution is -2.10. The molecule has 0 radical (unpaired) electrons. The van der Waals surface area contributed by atoms with Gasteiger partial charge in [-0.15, -0.1) is 0 Å². The predicted molar refractivity (Wildman–Crippen MR) is 82.2 cm³/mol. The Balaban J connectivity index is 1.90. The molecule has 0 saturated carbocycles. The topological polar surface area (TPSA) is 65.1 Å². The quantitative estimate of drug-likeness (QED) is 0.634. The third-order valence-electron chi connectivity index (χ3n) is 3.28. The maximum atomic E-state index is 13.8. The van der Waals surface area contributed by atoms with Crippen LogP contribution >= 0.6 is 0 Å². The molecule has 114 valence electrons. The van der Waals surface area contributed by atoms with E-state index in [0.717, 1.165) is 24.4 Å². The molecule has 0 fully saturated rings. The first kappa shape index (κ1) is 15.2. The van der Waals surface area contributed by atoms with Crippen LogP contribution in [0.2, 0.25) is 0 Å². The van der Waals surface area contributed by atoms with Crippen molar-refractivity contribution in [3.05, 3.63) is 35.4 Å². The fourth-order valence-corrected chi connectivity index (χ4v) is 2.23. The first-order valence-corrected chi connectivity index (χ1v) is 6.89. The van der Waals surface area contributed by atoms with E-state index in [2.05, 4.69) is 10.4 Å². The fourth-order valence-electron chi connectivity index (χ4n) is 2.23. The molecule has 2 aromatic rings. The second kappa shape index (κ2) is 6.47. The molecular weight excluding hydrogens is 271 g/mol. The number of nitrogens with two attached hydrogens (primary N) is 1. The Hall–Kier alpha value is -2.24. The van der Waals surface area contributed by atoms with Gasteiger partial charge >= 0.3 is 0 Å².